The fraction of sp³-hybridized carbons (Fsp3) is 0.176. The zero-order valence-corrected chi connectivity index (χ0v) is 13.3. The van der Waals surface area contributed by atoms with E-state index in [-0.39, 0.29) is 11.2 Å². The lowest BCUT2D eigenvalue weighted by Crippen LogP contribution is -2.22. The molecule has 1 aromatic heterocycles. The lowest BCUT2D eigenvalue weighted by Gasteiger charge is -2.11. The Hall–Kier alpha value is -2.27. The standard InChI is InChI=1S/C17H17N3OS/c1-12(16(21)18-13-8-4-3-5-9-13)22-17-19-14-10-6-7-11-15(14)20(17)2/h3-12H,1-2H3,(H,18,21). The van der Waals surface area contributed by atoms with Crippen molar-refractivity contribution in [3.05, 3.63) is 54.6 Å². The minimum Gasteiger partial charge on any atom is -0.325 e. The van der Waals surface area contributed by atoms with Crippen molar-refractivity contribution in [3.63, 3.8) is 0 Å². The number of hydrogen-bond donors (Lipinski definition) is 1. The lowest BCUT2D eigenvalue weighted by atomic mass is 10.3. The molecule has 1 unspecified atom stereocenters. The molecule has 0 fully saturated rings. The Kier molecular flexibility index (Phi) is 4.15. The summed E-state index contributed by atoms with van der Waals surface area (Å²) in [5.74, 6) is -0.0248. The summed E-state index contributed by atoms with van der Waals surface area (Å²) in [7, 11) is 1.97. The van der Waals surface area contributed by atoms with Crippen LogP contribution < -0.4 is 5.32 Å². The number of imidazole rings is 1. The average Bonchev–Trinajstić information content (AvgIpc) is 2.85. The van der Waals surface area contributed by atoms with Gasteiger partial charge in [0.05, 0.1) is 16.3 Å². The van der Waals surface area contributed by atoms with Crippen molar-refractivity contribution in [1.29, 1.82) is 0 Å². The number of fused-ring (bicyclic) bond motifs is 1. The fourth-order valence-electron chi connectivity index (χ4n) is 2.21. The van der Waals surface area contributed by atoms with Gasteiger partial charge in [-0.1, -0.05) is 42.1 Å². The van der Waals surface area contributed by atoms with Gasteiger partial charge in [-0.25, -0.2) is 4.98 Å². The second-order valence-corrected chi connectivity index (χ2v) is 6.37. The van der Waals surface area contributed by atoms with E-state index < -0.39 is 0 Å². The average molecular weight is 311 g/mol. The van der Waals surface area contributed by atoms with Gasteiger partial charge in [0.15, 0.2) is 5.16 Å². The highest BCUT2D eigenvalue weighted by molar-refractivity contribution is 8.00. The Morgan fingerprint density at radius 2 is 1.82 bits per heavy atom. The predicted octanol–water partition coefficient (Wildman–Crippen LogP) is 3.69. The van der Waals surface area contributed by atoms with E-state index >= 15 is 0 Å². The molecule has 5 heteroatoms. The number of benzene rings is 2. The first kappa shape index (κ1) is 14.7. The number of carbonyl (C=O) groups is 1. The van der Waals surface area contributed by atoms with Crippen LogP contribution in [0.3, 0.4) is 0 Å². The first-order valence-electron chi connectivity index (χ1n) is 7.09. The summed E-state index contributed by atoms with van der Waals surface area (Å²) in [6.07, 6.45) is 0. The predicted molar refractivity (Wildman–Crippen MR) is 91.1 cm³/mol. The third-order valence-corrected chi connectivity index (χ3v) is 4.58. The van der Waals surface area contributed by atoms with E-state index in [1.807, 2.05) is 73.1 Å². The smallest absolute Gasteiger partial charge is 0.237 e. The van der Waals surface area contributed by atoms with E-state index in [4.69, 9.17) is 0 Å². The van der Waals surface area contributed by atoms with E-state index in [2.05, 4.69) is 10.3 Å². The van der Waals surface area contributed by atoms with Crippen LogP contribution >= 0.6 is 11.8 Å². The maximum Gasteiger partial charge on any atom is 0.237 e. The van der Waals surface area contributed by atoms with Crippen molar-refractivity contribution >= 4 is 34.4 Å². The molecule has 0 aliphatic carbocycles. The molecule has 0 bridgehead atoms. The van der Waals surface area contributed by atoms with Gasteiger partial charge in [0.25, 0.3) is 0 Å². The molecule has 3 aromatic rings. The van der Waals surface area contributed by atoms with Crippen LogP contribution in [0.2, 0.25) is 0 Å². The first-order valence-corrected chi connectivity index (χ1v) is 7.97. The summed E-state index contributed by atoms with van der Waals surface area (Å²) in [5, 5.41) is 3.54. The van der Waals surface area contributed by atoms with E-state index in [1.54, 1.807) is 0 Å². The Morgan fingerprint density at radius 1 is 1.14 bits per heavy atom. The Morgan fingerprint density at radius 3 is 2.55 bits per heavy atom. The molecular formula is C17H17N3OS. The van der Waals surface area contributed by atoms with Crippen LogP contribution in [-0.4, -0.2) is 20.7 Å². The molecule has 0 aliphatic heterocycles. The number of anilines is 1. The number of thioether (sulfide) groups is 1. The normalized spacial score (nSPS) is 12.3. The van der Waals surface area contributed by atoms with Gasteiger partial charge >= 0.3 is 0 Å². The fourth-order valence-corrected chi connectivity index (χ4v) is 3.10. The molecule has 1 amide bonds. The number of nitrogens with zero attached hydrogens (tertiary/aromatic N) is 2. The van der Waals surface area contributed by atoms with E-state index in [1.165, 1.54) is 11.8 Å². The summed E-state index contributed by atoms with van der Waals surface area (Å²) in [5.41, 5.74) is 2.83. The quantitative estimate of drug-likeness (QED) is 0.747. The highest BCUT2D eigenvalue weighted by Crippen LogP contribution is 2.26. The van der Waals surface area contributed by atoms with Crippen molar-refractivity contribution in [2.24, 2.45) is 7.05 Å². The molecule has 0 radical (unpaired) electrons. The summed E-state index contributed by atoms with van der Waals surface area (Å²) in [4.78, 5) is 16.9. The van der Waals surface area contributed by atoms with Crippen LogP contribution in [0.15, 0.2) is 59.8 Å². The van der Waals surface area contributed by atoms with Gasteiger partial charge in [0, 0.05) is 12.7 Å². The Balaban J connectivity index is 1.74. The molecule has 1 heterocycles. The monoisotopic (exact) mass is 311 g/mol. The van der Waals surface area contributed by atoms with Gasteiger partial charge < -0.3 is 9.88 Å². The van der Waals surface area contributed by atoms with Crippen molar-refractivity contribution < 1.29 is 4.79 Å². The first-order chi connectivity index (χ1) is 10.6. The topological polar surface area (TPSA) is 46.9 Å². The van der Waals surface area contributed by atoms with E-state index in [9.17, 15) is 4.79 Å². The number of carbonyl (C=O) groups excluding carboxylic acids is 1. The molecule has 4 nitrogen and oxygen atoms in total. The van der Waals surface area contributed by atoms with Crippen molar-refractivity contribution in [2.45, 2.75) is 17.3 Å². The molecule has 0 saturated carbocycles. The molecule has 3 rings (SSSR count). The highest BCUT2D eigenvalue weighted by Gasteiger charge is 2.18. The van der Waals surface area contributed by atoms with Crippen molar-refractivity contribution in [3.8, 4) is 0 Å². The van der Waals surface area contributed by atoms with E-state index in [0.29, 0.717) is 0 Å². The van der Waals surface area contributed by atoms with Crippen LogP contribution in [-0.2, 0) is 11.8 Å². The van der Waals surface area contributed by atoms with Gasteiger partial charge in [0.2, 0.25) is 5.91 Å². The molecule has 2 aromatic carbocycles. The molecule has 0 saturated heterocycles. The SMILES string of the molecule is CC(Sc1nc2ccccc2n1C)C(=O)Nc1ccccc1. The highest BCUT2D eigenvalue weighted by atomic mass is 32.2. The maximum absolute atomic E-state index is 12.3. The molecular weight excluding hydrogens is 294 g/mol. The second kappa shape index (κ2) is 6.23. The Bertz CT molecular complexity index is 798. The van der Waals surface area contributed by atoms with Crippen LogP contribution in [0.1, 0.15) is 6.92 Å². The number of rotatable bonds is 4. The van der Waals surface area contributed by atoms with Crippen LogP contribution in [0.4, 0.5) is 5.69 Å². The van der Waals surface area contributed by atoms with Crippen LogP contribution in [0.25, 0.3) is 11.0 Å². The second-order valence-electron chi connectivity index (χ2n) is 5.06. The zero-order valence-electron chi connectivity index (χ0n) is 12.5. The van der Waals surface area contributed by atoms with E-state index in [0.717, 1.165) is 21.9 Å². The molecule has 1 N–H and O–H groups in total. The minimum atomic E-state index is -0.226. The molecule has 0 aliphatic rings. The van der Waals surface area contributed by atoms with Gasteiger partial charge in [-0.2, -0.15) is 0 Å². The summed E-state index contributed by atoms with van der Waals surface area (Å²) < 4.78 is 2.02. The van der Waals surface area contributed by atoms with Gasteiger partial charge in [-0.3, -0.25) is 4.79 Å². The van der Waals surface area contributed by atoms with Crippen molar-refractivity contribution in [1.82, 2.24) is 9.55 Å². The number of hydrogen-bond acceptors (Lipinski definition) is 3. The van der Waals surface area contributed by atoms with Crippen LogP contribution in [0, 0.1) is 0 Å². The summed E-state index contributed by atoms with van der Waals surface area (Å²) >= 11 is 1.46. The largest absolute Gasteiger partial charge is 0.325 e. The number of para-hydroxylation sites is 3. The number of aryl methyl sites for hydroxylation is 1. The molecule has 1 atom stereocenters. The third kappa shape index (κ3) is 2.99. The summed E-state index contributed by atoms with van der Waals surface area (Å²) in [6.45, 7) is 1.89. The molecule has 0 spiro atoms. The number of amides is 1. The number of nitrogens with one attached hydrogen (secondary N) is 1. The van der Waals surface area contributed by atoms with Gasteiger partial charge in [-0.05, 0) is 31.2 Å². The van der Waals surface area contributed by atoms with Gasteiger partial charge in [-0.15, -0.1) is 0 Å². The number of aromatic nitrogens is 2. The zero-order chi connectivity index (χ0) is 15.5. The maximum atomic E-state index is 12.3. The molecule has 22 heavy (non-hydrogen) atoms. The summed E-state index contributed by atoms with van der Waals surface area (Å²) in [6, 6.07) is 17.5. The third-order valence-electron chi connectivity index (χ3n) is 3.44. The van der Waals surface area contributed by atoms with Crippen molar-refractivity contribution in [2.75, 3.05) is 5.32 Å². The van der Waals surface area contributed by atoms with Gasteiger partial charge in [0.1, 0.15) is 0 Å². The minimum absolute atomic E-state index is 0.0248. The lowest BCUT2D eigenvalue weighted by molar-refractivity contribution is -0.115. The Labute approximate surface area is 133 Å². The van der Waals surface area contributed by atoms with Crippen LogP contribution in [0.5, 0.6) is 0 Å². The molecule has 112 valence electrons.